The van der Waals surface area contributed by atoms with Gasteiger partial charge in [-0.05, 0) is 64.5 Å². The largest absolute Gasteiger partial charge is 0.353 e. The Morgan fingerprint density at radius 2 is 1.80 bits per heavy atom. The maximum Gasteiger partial charge on any atom is 0.261 e. The van der Waals surface area contributed by atoms with Gasteiger partial charge < -0.3 is 19.7 Å². The van der Waals surface area contributed by atoms with Crippen LogP contribution in [0.3, 0.4) is 0 Å². The number of likely N-dealkylation sites (tertiary alicyclic amines) is 1. The molecule has 4 aromatic rings. The lowest BCUT2D eigenvalue weighted by molar-refractivity contribution is 0.220. The minimum absolute atomic E-state index is 0.0567. The standard InChI is InChI=1S/C27H35N7O/c1-20-22(26(35)34-14-7-6-10-25(34)28-20)13-17-32-15-11-21(12-16-32)29-27-30-23-8-4-5-9-24(23)33(27)19-18-31(2)3/h4-10,14,21H,11-13,15-19H2,1-3H3,(H,29,30). The summed E-state index contributed by atoms with van der Waals surface area (Å²) in [6.45, 7) is 6.72. The highest BCUT2D eigenvalue weighted by Gasteiger charge is 2.22. The zero-order valence-electron chi connectivity index (χ0n) is 20.9. The third-order valence-corrected chi connectivity index (χ3v) is 7.06. The molecule has 184 valence electrons. The van der Waals surface area contributed by atoms with Gasteiger partial charge in [0, 0.05) is 56.2 Å². The topological polar surface area (TPSA) is 70.7 Å². The van der Waals surface area contributed by atoms with Crippen molar-refractivity contribution in [3.63, 3.8) is 0 Å². The van der Waals surface area contributed by atoms with Crippen LogP contribution in [0, 0.1) is 6.92 Å². The molecule has 8 heteroatoms. The van der Waals surface area contributed by atoms with Gasteiger partial charge in [-0.3, -0.25) is 9.20 Å². The molecule has 0 aliphatic carbocycles. The molecule has 0 radical (unpaired) electrons. The van der Waals surface area contributed by atoms with Gasteiger partial charge >= 0.3 is 0 Å². The van der Waals surface area contributed by atoms with Crippen molar-refractivity contribution in [2.24, 2.45) is 0 Å². The van der Waals surface area contributed by atoms with E-state index >= 15 is 0 Å². The number of anilines is 1. The number of nitrogens with zero attached hydrogens (tertiary/aromatic N) is 6. The second-order valence-electron chi connectivity index (χ2n) is 9.80. The number of hydrogen-bond donors (Lipinski definition) is 1. The molecule has 0 unspecified atom stereocenters. The minimum Gasteiger partial charge on any atom is -0.353 e. The van der Waals surface area contributed by atoms with Gasteiger partial charge in [0.2, 0.25) is 5.95 Å². The van der Waals surface area contributed by atoms with Crippen molar-refractivity contribution >= 4 is 22.6 Å². The average Bonchev–Trinajstić information content (AvgIpc) is 3.20. The second-order valence-corrected chi connectivity index (χ2v) is 9.80. The fraction of sp³-hybridized carbons (Fsp3) is 0.444. The molecule has 0 saturated carbocycles. The van der Waals surface area contributed by atoms with Crippen LogP contribution in [0.25, 0.3) is 16.7 Å². The molecule has 0 atom stereocenters. The van der Waals surface area contributed by atoms with E-state index in [4.69, 9.17) is 4.98 Å². The second kappa shape index (κ2) is 10.2. The first-order valence-electron chi connectivity index (χ1n) is 12.6. The summed E-state index contributed by atoms with van der Waals surface area (Å²) >= 11 is 0. The van der Waals surface area contributed by atoms with E-state index in [0.717, 1.165) is 74.7 Å². The first-order chi connectivity index (χ1) is 17.0. The summed E-state index contributed by atoms with van der Waals surface area (Å²) < 4.78 is 3.96. The van der Waals surface area contributed by atoms with Gasteiger partial charge in [0.25, 0.3) is 5.56 Å². The first kappa shape index (κ1) is 23.5. The smallest absolute Gasteiger partial charge is 0.261 e. The molecule has 8 nitrogen and oxygen atoms in total. The van der Waals surface area contributed by atoms with Crippen LogP contribution in [0.5, 0.6) is 0 Å². The average molecular weight is 474 g/mol. The number of para-hydroxylation sites is 2. The van der Waals surface area contributed by atoms with Crippen molar-refractivity contribution in [1.82, 2.24) is 28.7 Å². The molecule has 1 aliphatic rings. The molecular formula is C27H35N7O. The molecule has 1 N–H and O–H groups in total. The van der Waals surface area contributed by atoms with E-state index < -0.39 is 0 Å². The van der Waals surface area contributed by atoms with E-state index in [1.54, 1.807) is 10.6 Å². The Labute approximate surface area is 206 Å². The van der Waals surface area contributed by atoms with Gasteiger partial charge in [-0.2, -0.15) is 0 Å². The molecule has 1 fully saturated rings. The molecule has 3 aromatic heterocycles. The summed E-state index contributed by atoms with van der Waals surface area (Å²) in [6.07, 6.45) is 4.65. The lowest BCUT2D eigenvalue weighted by Gasteiger charge is -2.32. The zero-order chi connectivity index (χ0) is 24.4. The van der Waals surface area contributed by atoms with E-state index in [2.05, 4.69) is 57.0 Å². The minimum atomic E-state index is 0.0567. The molecular weight excluding hydrogens is 438 g/mol. The van der Waals surface area contributed by atoms with Crippen molar-refractivity contribution < 1.29 is 0 Å². The highest BCUT2D eigenvalue weighted by molar-refractivity contribution is 5.78. The van der Waals surface area contributed by atoms with Gasteiger partial charge in [-0.25, -0.2) is 9.97 Å². The number of nitrogens with one attached hydrogen (secondary N) is 1. The van der Waals surface area contributed by atoms with Crippen LogP contribution >= 0.6 is 0 Å². The molecule has 1 aliphatic heterocycles. The third kappa shape index (κ3) is 5.09. The van der Waals surface area contributed by atoms with E-state index in [-0.39, 0.29) is 5.56 Å². The maximum absolute atomic E-state index is 13.0. The number of hydrogen-bond acceptors (Lipinski definition) is 6. The summed E-state index contributed by atoms with van der Waals surface area (Å²) in [4.78, 5) is 27.2. The quantitative estimate of drug-likeness (QED) is 0.424. The molecule has 0 spiro atoms. The van der Waals surface area contributed by atoms with Crippen molar-refractivity contribution in [3.05, 3.63) is 70.3 Å². The van der Waals surface area contributed by atoms with E-state index in [1.165, 1.54) is 5.52 Å². The number of imidazole rings is 1. The third-order valence-electron chi connectivity index (χ3n) is 7.06. The maximum atomic E-state index is 13.0. The van der Waals surface area contributed by atoms with Gasteiger partial charge in [-0.1, -0.05) is 18.2 Å². The number of fused-ring (bicyclic) bond motifs is 2. The Morgan fingerprint density at radius 1 is 1.03 bits per heavy atom. The highest BCUT2D eigenvalue weighted by atomic mass is 16.1. The molecule has 0 amide bonds. The Bertz CT molecular complexity index is 1370. The fourth-order valence-corrected chi connectivity index (χ4v) is 4.99. The zero-order valence-corrected chi connectivity index (χ0v) is 20.9. The van der Waals surface area contributed by atoms with E-state index in [0.29, 0.717) is 11.7 Å². The lowest BCUT2D eigenvalue weighted by atomic mass is 10.0. The number of aryl methyl sites for hydroxylation is 1. The molecule has 4 heterocycles. The summed E-state index contributed by atoms with van der Waals surface area (Å²) in [5, 5.41) is 3.74. The number of rotatable bonds is 8. The number of piperidine rings is 1. The predicted octanol–water partition coefficient (Wildman–Crippen LogP) is 3.03. The Hall–Kier alpha value is -3.23. The summed E-state index contributed by atoms with van der Waals surface area (Å²) in [6, 6.07) is 14.4. The Balaban J connectivity index is 1.21. The van der Waals surface area contributed by atoms with Gasteiger partial charge in [0.1, 0.15) is 5.65 Å². The van der Waals surface area contributed by atoms with Gasteiger partial charge in [-0.15, -0.1) is 0 Å². The van der Waals surface area contributed by atoms with Crippen LogP contribution in [0.15, 0.2) is 53.5 Å². The fourth-order valence-electron chi connectivity index (χ4n) is 4.99. The van der Waals surface area contributed by atoms with Crippen molar-refractivity contribution in [2.75, 3.05) is 45.6 Å². The number of benzene rings is 1. The van der Waals surface area contributed by atoms with Crippen LogP contribution in [0.2, 0.25) is 0 Å². The van der Waals surface area contributed by atoms with Gasteiger partial charge in [0.15, 0.2) is 0 Å². The van der Waals surface area contributed by atoms with Crippen molar-refractivity contribution in [2.45, 2.75) is 38.8 Å². The van der Waals surface area contributed by atoms with Crippen molar-refractivity contribution in [3.8, 4) is 0 Å². The van der Waals surface area contributed by atoms with Crippen LogP contribution in [0.4, 0.5) is 5.95 Å². The Kier molecular flexibility index (Phi) is 6.83. The monoisotopic (exact) mass is 473 g/mol. The number of pyridine rings is 1. The van der Waals surface area contributed by atoms with Crippen molar-refractivity contribution in [1.29, 1.82) is 0 Å². The predicted molar refractivity (Wildman–Crippen MR) is 141 cm³/mol. The number of likely N-dealkylation sites (N-methyl/N-ethyl adjacent to an activating group) is 1. The normalized spacial score (nSPS) is 15.4. The molecule has 1 saturated heterocycles. The molecule has 35 heavy (non-hydrogen) atoms. The highest BCUT2D eigenvalue weighted by Crippen LogP contribution is 2.22. The summed E-state index contributed by atoms with van der Waals surface area (Å²) in [5.41, 5.74) is 4.65. The van der Waals surface area contributed by atoms with E-state index in [1.807, 2.05) is 31.2 Å². The SMILES string of the molecule is Cc1nc2ccccn2c(=O)c1CCN1CCC(Nc2nc3ccccc3n2CCN(C)C)CC1. The van der Waals surface area contributed by atoms with E-state index in [9.17, 15) is 4.79 Å². The number of aromatic nitrogens is 4. The molecule has 1 aromatic carbocycles. The first-order valence-corrected chi connectivity index (χ1v) is 12.6. The summed E-state index contributed by atoms with van der Waals surface area (Å²) in [7, 11) is 4.21. The van der Waals surface area contributed by atoms with Crippen LogP contribution < -0.4 is 10.9 Å². The molecule has 5 rings (SSSR count). The van der Waals surface area contributed by atoms with Gasteiger partial charge in [0.05, 0.1) is 11.0 Å². The van der Waals surface area contributed by atoms with Crippen LogP contribution in [-0.2, 0) is 13.0 Å². The van der Waals surface area contributed by atoms with Crippen LogP contribution in [0.1, 0.15) is 24.1 Å². The Morgan fingerprint density at radius 3 is 2.60 bits per heavy atom. The molecule has 0 bridgehead atoms. The van der Waals surface area contributed by atoms with Crippen LogP contribution in [-0.4, -0.2) is 75.1 Å². The summed E-state index contributed by atoms with van der Waals surface area (Å²) in [5.74, 6) is 0.970. The lowest BCUT2D eigenvalue weighted by Crippen LogP contribution is -2.41.